The van der Waals surface area contributed by atoms with Crippen LogP contribution in [-0.4, -0.2) is 37.4 Å². The third-order valence-corrected chi connectivity index (χ3v) is 3.15. The molecule has 0 aliphatic heterocycles. The van der Waals surface area contributed by atoms with Crippen molar-refractivity contribution >= 4 is 21.6 Å². The smallest absolute Gasteiger partial charge is 0.248 e. The first-order chi connectivity index (χ1) is 6.97. The van der Waals surface area contributed by atoms with Crippen LogP contribution in [0.4, 0.5) is 0 Å². The van der Waals surface area contributed by atoms with E-state index < -0.39 is 9.84 Å². The average molecular weight is 247 g/mol. The van der Waals surface area contributed by atoms with Crippen molar-refractivity contribution in [2.24, 2.45) is 5.73 Å². The lowest BCUT2D eigenvalue weighted by molar-refractivity contribution is 0.589. The number of nitrogens with zero attached hydrogens (tertiary/aromatic N) is 2. The Hall–Kier alpha value is -0.660. The van der Waals surface area contributed by atoms with Gasteiger partial charge in [0.2, 0.25) is 15.0 Å². The molecule has 0 aromatic carbocycles. The van der Waals surface area contributed by atoms with Crippen LogP contribution in [0.25, 0.3) is 0 Å². The van der Waals surface area contributed by atoms with Gasteiger partial charge in [-0.15, -0.1) is 11.8 Å². The molecule has 1 aromatic rings. The van der Waals surface area contributed by atoms with Gasteiger partial charge in [0.15, 0.2) is 0 Å². The molecule has 2 N–H and O–H groups in total. The number of hydrogen-bond donors (Lipinski definition) is 1. The largest absolute Gasteiger partial charge is 0.330 e. The van der Waals surface area contributed by atoms with Crippen LogP contribution < -0.4 is 5.73 Å². The molecule has 0 atom stereocenters. The van der Waals surface area contributed by atoms with Crippen LogP contribution in [0.5, 0.6) is 0 Å². The fraction of sp³-hybridized carbons (Fsp3) is 0.500. The van der Waals surface area contributed by atoms with E-state index in [0.29, 0.717) is 23.7 Å². The summed E-state index contributed by atoms with van der Waals surface area (Å²) in [6.07, 6.45) is 3.48. The zero-order valence-electron chi connectivity index (χ0n) is 8.60. The Morgan fingerprint density at radius 3 is 2.60 bits per heavy atom. The zero-order chi connectivity index (χ0) is 11.5. The van der Waals surface area contributed by atoms with E-state index in [4.69, 9.17) is 5.73 Å². The van der Waals surface area contributed by atoms with Crippen molar-refractivity contribution < 1.29 is 8.42 Å². The first kappa shape index (κ1) is 12.4. The average Bonchev–Trinajstić information content (AvgIpc) is 2.16. The molecule has 0 amide bonds. The first-order valence-electron chi connectivity index (χ1n) is 4.29. The van der Waals surface area contributed by atoms with Crippen molar-refractivity contribution in [3.63, 3.8) is 0 Å². The molecule has 7 heteroatoms. The van der Waals surface area contributed by atoms with E-state index in [9.17, 15) is 8.42 Å². The van der Waals surface area contributed by atoms with Gasteiger partial charge < -0.3 is 5.73 Å². The third-order valence-electron chi connectivity index (χ3n) is 1.68. The van der Waals surface area contributed by atoms with Crippen molar-refractivity contribution in [1.82, 2.24) is 9.97 Å². The molecule has 84 valence electrons. The lowest BCUT2D eigenvalue weighted by Gasteiger charge is -2.04. The Bertz CT molecular complexity index is 445. The maximum absolute atomic E-state index is 11.3. The minimum atomic E-state index is -3.35. The number of sulfone groups is 1. The Balaban J connectivity index is 3.23. The van der Waals surface area contributed by atoms with Crippen LogP contribution in [0, 0.1) is 0 Å². The Labute approximate surface area is 93.4 Å². The molecule has 0 saturated heterocycles. The quantitative estimate of drug-likeness (QED) is 0.461. The minimum absolute atomic E-state index is 0.127. The summed E-state index contributed by atoms with van der Waals surface area (Å²) in [6.45, 7) is 0.439. The molecule has 0 radical (unpaired) electrons. The van der Waals surface area contributed by atoms with Crippen LogP contribution in [0.15, 0.2) is 16.2 Å². The van der Waals surface area contributed by atoms with Gasteiger partial charge in [-0.1, -0.05) is 0 Å². The van der Waals surface area contributed by atoms with Crippen LogP contribution in [-0.2, 0) is 16.3 Å². The summed E-state index contributed by atoms with van der Waals surface area (Å²) in [7, 11) is -3.35. The van der Waals surface area contributed by atoms with Gasteiger partial charge >= 0.3 is 0 Å². The predicted molar refractivity (Wildman–Crippen MR) is 59.7 cm³/mol. The van der Waals surface area contributed by atoms with E-state index in [1.807, 2.05) is 6.26 Å². The van der Waals surface area contributed by atoms with Crippen molar-refractivity contribution in [1.29, 1.82) is 0 Å². The highest BCUT2D eigenvalue weighted by Gasteiger charge is 2.13. The molecular weight excluding hydrogens is 234 g/mol. The van der Waals surface area contributed by atoms with Crippen LogP contribution in [0.2, 0.25) is 0 Å². The van der Waals surface area contributed by atoms with E-state index in [1.54, 1.807) is 6.07 Å². The number of hydrogen-bond acceptors (Lipinski definition) is 6. The van der Waals surface area contributed by atoms with Crippen LogP contribution in [0.1, 0.15) is 5.69 Å². The molecule has 0 saturated carbocycles. The highest BCUT2D eigenvalue weighted by atomic mass is 32.2. The lowest BCUT2D eigenvalue weighted by atomic mass is 10.3. The van der Waals surface area contributed by atoms with Gasteiger partial charge in [-0.3, -0.25) is 0 Å². The van der Waals surface area contributed by atoms with Crippen molar-refractivity contribution in [3.8, 4) is 0 Å². The molecular formula is C8H13N3O2S2. The number of thioether (sulfide) groups is 1. The highest BCUT2D eigenvalue weighted by molar-refractivity contribution is 7.98. The second-order valence-electron chi connectivity index (χ2n) is 3.00. The number of rotatable bonds is 4. The van der Waals surface area contributed by atoms with E-state index >= 15 is 0 Å². The zero-order valence-corrected chi connectivity index (χ0v) is 10.2. The SMILES string of the molecule is CSc1cc(CCN)nc(S(C)(=O)=O)n1. The third kappa shape index (κ3) is 3.44. The Kier molecular flexibility index (Phi) is 4.06. The second-order valence-corrected chi connectivity index (χ2v) is 5.73. The maximum Gasteiger partial charge on any atom is 0.248 e. The molecule has 0 unspecified atom stereocenters. The predicted octanol–water partition coefficient (Wildman–Crippen LogP) is 0.103. The van der Waals surface area contributed by atoms with Crippen molar-refractivity contribution in [2.75, 3.05) is 19.1 Å². The second kappa shape index (κ2) is 4.91. The molecule has 5 nitrogen and oxygen atoms in total. The van der Waals surface area contributed by atoms with Crippen molar-refractivity contribution in [3.05, 3.63) is 11.8 Å². The van der Waals surface area contributed by atoms with E-state index in [0.717, 1.165) is 6.26 Å². The minimum Gasteiger partial charge on any atom is -0.330 e. The summed E-state index contributed by atoms with van der Waals surface area (Å²) in [5.74, 6) is 0. The molecule has 0 aliphatic carbocycles. The molecule has 1 heterocycles. The molecule has 0 bridgehead atoms. The molecule has 1 aromatic heterocycles. The normalized spacial score (nSPS) is 11.7. The van der Waals surface area contributed by atoms with E-state index in [2.05, 4.69) is 9.97 Å². The van der Waals surface area contributed by atoms with Crippen LogP contribution in [0.3, 0.4) is 0 Å². The summed E-state index contributed by atoms with van der Waals surface area (Å²) in [5, 5.41) is 0.520. The summed E-state index contributed by atoms with van der Waals surface area (Å²) < 4.78 is 22.6. The van der Waals surface area contributed by atoms with E-state index in [-0.39, 0.29) is 5.16 Å². The van der Waals surface area contributed by atoms with Gasteiger partial charge in [-0.25, -0.2) is 18.4 Å². The highest BCUT2D eigenvalue weighted by Crippen LogP contribution is 2.15. The maximum atomic E-state index is 11.3. The monoisotopic (exact) mass is 247 g/mol. The van der Waals surface area contributed by atoms with Gasteiger partial charge in [0.1, 0.15) is 5.03 Å². The van der Waals surface area contributed by atoms with Crippen LogP contribution >= 0.6 is 11.8 Å². The number of nitrogens with two attached hydrogens (primary N) is 1. The Morgan fingerprint density at radius 2 is 2.13 bits per heavy atom. The standard InChI is InChI=1S/C8H13N3O2S2/c1-14-7-5-6(3-4-9)10-8(11-7)15(2,12)13/h5H,3-4,9H2,1-2H3. The topological polar surface area (TPSA) is 85.9 Å². The van der Waals surface area contributed by atoms with Gasteiger partial charge in [0.05, 0.1) is 0 Å². The van der Waals surface area contributed by atoms with Crippen molar-refractivity contribution in [2.45, 2.75) is 16.6 Å². The summed E-state index contributed by atoms with van der Waals surface area (Å²) in [6, 6.07) is 1.76. The van der Waals surface area contributed by atoms with Gasteiger partial charge in [0.25, 0.3) is 0 Å². The fourth-order valence-electron chi connectivity index (χ4n) is 0.996. The first-order valence-corrected chi connectivity index (χ1v) is 7.41. The Morgan fingerprint density at radius 1 is 1.47 bits per heavy atom. The molecule has 15 heavy (non-hydrogen) atoms. The molecule has 0 aliphatic rings. The lowest BCUT2D eigenvalue weighted by Crippen LogP contribution is -2.10. The van der Waals surface area contributed by atoms with E-state index in [1.165, 1.54) is 11.8 Å². The van der Waals surface area contributed by atoms with Gasteiger partial charge in [-0.2, -0.15) is 0 Å². The van der Waals surface area contributed by atoms with Gasteiger partial charge in [-0.05, 0) is 18.9 Å². The molecule has 0 fully saturated rings. The summed E-state index contributed by atoms with van der Waals surface area (Å²) in [5.41, 5.74) is 6.06. The fourth-order valence-corrected chi connectivity index (χ4v) is 2.03. The number of aromatic nitrogens is 2. The molecule has 0 spiro atoms. The molecule has 1 rings (SSSR count). The summed E-state index contributed by atoms with van der Waals surface area (Å²) in [4.78, 5) is 7.88. The van der Waals surface area contributed by atoms with Gasteiger partial charge in [0, 0.05) is 18.4 Å². The summed E-state index contributed by atoms with van der Waals surface area (Å²) >= 11 is 1.38.